The van der Waals surface area contributed by atoms with E-state index in [2.05, 4.69) is 30.0 Å². The molecule has 0 bridgehead atoms. The maximum absolute atomic E-state index is 5.92. The Morgan fingerprint density at radius 2 is 2.13 bits per heavy atom. The Bertz CT molecular complexity index is 1020. The summed E-state index contributed by atoms with van der Waals surface area (Å²) in [4.78, 5) is 8.68. The number of benzene rings is 1. The molecular formula is C16H14N6O. The first kappa shape index (κ1) is 12.6. The second kappa shape index (κ2) is 4.77. The minimum atomic E-state index is 0.566. The van der Waals surface area contributed by atoms with E-state index in [0.717, 1.165) is 47.5 Å². The van der Waals surface area contributed by atoms with E-state index in [-0.39, 0.29) is 0 Å². The van der Waals surface area contributed by atoms with Gasteiger partial charge in [-0.1, -0.05) is 12.1 Å². The number of nitrogens with one attached hydrogen (secondary N) is 1. The fraction of sp³-hybridized carbons (Fsp3) is 0.250. The molecule has 0 unspecified atom stereocenters. The van der Waals surface area contributed by atoms with Crippen LogP contribution in [0.4, 0.5) is 5.82 Å². The molecule has 0 saturated carbocycles. The number of fused-ring (bicyclic) bond motifs is 4. The molecule has 0 aliphatic carbocycles. The van der Waals surface area contributed by atoms with Crippen LogP contribution in [0.5, 0.6) is 0 Å². The Morgan fingerprint density at radius 1 is 1.17 bits per heavy atom. The highest BCUT2D eigenvalue weighted by molar-refractivity contribution is 6.05. The van der Waals surface area contributed by atoms with Crippen LogP contribution < -0.4 is 5.32 Å². The summed E-state index contributed by atoms with van der Waals surface area (Å²) in [6.07, 6.45) is 3.70. The minimum Gasteiger partial charge on any atom is -0.450 e. The molecule has 4 aromatic rings. The van der Waals surface area contributed by atoms with Crippen LogP contribution in [0, 0.1) is 0 Å². The minimum absolute atomic E-state index is 0.566. The van der Waals surface area contributed by atoms with Gasteiger partial charge in [0.2, 0.25) is 0 Å². The molecule has 0 fully saturated rings. The molecular weight excluding hydrogens is 292 g/mol. The number of aromatic nitrogens is 5. The van der Waals surface area contributed by atoms with E-state index in [0.29, 0.717) is 17.9 Å². The lowest BCUT2D eigenvalue weighted by atomic mass is 10.2. The standard InChI is InChI=1S/C16H14N6O/c1-2-5-11-10(4-1)14-15(23-11)16(19-9-18-14)17-8-13-21-20-12-6-3-7-22(12)13/h1-2,4-5,9H,3,6-8H2,(H,17,18,19). The van der Waals surface area contributed by atoms with E-state index in [1.54, 1.807) is 6.33 Å². The quantitative estimate of drug-likeness (QED) is 0.626. The summed E-state index contributed by atoms with van der Waals surface area (Å²) in [7, 11) is 0. The van der Waals surface area contributed by atoms with Crippen LogP contribution in [0.2, 0.25) is 0 Å². The highest BCUT2D eigenvalue weighted by atomic mass is 16.3. The largest absolute Gasteiger partial charge is 0.450 e. The number of nitrogens with zero attached hydrogens (tertiary/aromatic N) is 5. The molecule has 0 atom stereocenters. The highest BCUT2D eigenvalue weighted by Gasteiger charge is 2.18. The topological polar surface area (TPSA) is 81.7 Å². The average molecular weight is 306 g/mol. The van der Waals surface area contributed by atoms with Gasteiger partial charge >= 0.3 is 0 Å². The van der Waals surface area contributed by atoms with Gasteiger partial charge < -0.3 is 14.3 Å². The Labute approximate surface area is 131 Å². The zero-order chi connectivity index (χ0) is 15.2. The average Bonchev–Trinajstić information content (AvgIpc) is 3.27. The van der Waals surface area contributed by atoms with Crippen molar-refractivity contribution in [1.82, 2.24) is 24.7 Å². The third-order valence-electron chi connectivity index (χ3n) is 4.26. The molecule has 0 radical (unpaired) electrons. The van der Waals surface area contributed by atoms with Gasteiger partial charge in [-0.05, 0) is 18.6 Å². The summed E-state index contributed by atoms with van der Waals surface area (Å²) in [5.74, 6) is 2.68. The first-order valence-electron chi connectivity index (χ1n) is 7.67. The van der Waals surface area contributed by atoms with E-state index in [1.165, 1.54) is 0 Å². The molecule has 1 aliphatic heterocycles. The number of hydrogen-bond acceptors (Lipinski definition) is 6. The van der Waals surface area contributed by atoms with Gasteiger partial charge in [0, 0.05) is 18.4 Å². The smallest absolute Gasteiger partial charge is 0.196 e. The number of hydrogen-bond donors (Lipinski definition) is 1. The predicted octanol–water partition coefficient (Wildman–Crippen LogP) is 2.53. The molecule has 7 nitrogen and oxygen atoms in total. The van der Waals surface area contributed by atoms with Gasteiger partial charge in [-0.15, -0.1) is 10.2 Å². The van der Waals surface area contributed by atoms with Gasteiger partial charge in [-0.25, -0.2) is 9.97 Å². The van der Waals surface area contributed by atoms with E-state index in [4.69, 9.17) is 4.42 Å². The van der Waals surface area contributed by atoms with Gasteiger partial charge in [0.15, 0.2) is 17.2 Å². The number of anilines is 1. The summed E-state index contributed by atoms with van der Waals surface area (Å²) in [6.45, 7) is 1.55. The van der Waals surface area contributed by atoms with Crippen molar-refractivity contribution in [2.45, 2.75) is 25.9 Å². The van der Waals surface area contributed by atoms with E-state index in [1.807, 2.05) is 24.3 Å². The Morgan fingerprint density at radius 3 is 3.13 bits per heavy atom. The van der Waals surface area contributed by atoms with E-state index < -0.39 is 0 Å². The first-order chi connectivity index (χ1) is 11.4. The Balaban J connectivity index is 1.52. The fourth-order valence-corrected chi connectivity index (χ4v) is 3.15. The van der Waals surface area contributed by atoms with Crippen LogP contribution in [-0.2, 0) is 19.5 Å². The third-order valence-corrected chi connectivity index (χ3v) is 4.26. The lowest BCUT2D eigenvalue weighted by molar-refractivity contribution is 0.664. The molecule has 1 aromatic carbocycles. The number of rotatable bonds is 3. The van der Waals surface area contributed by atoms with Crippen molar-refractivity contribution in [3.63, 3.8) is 0 Å². The summed E-state index contributed by atoms with van der Waals surface area (Å²) in [5.41, 5.74) is 2.31. The van der Waals surface area contributed by atoms with Crippen molar-refractivity contribution < 1.29 is 4.42 Å². The zero-order valence-corrected chi connectivity index (χ0v) is 12.4. The number of para-hydroxylation sites is 1. The van der Waals surface area contributed by atoms with Crippen LogP contribution in [0.25, 0.3) is 22.1 Å². The van der Waals surface area contributed by atoms with Crippen LogP contribution >= 0.6 is 0 Å². The van der Waals surface area contributed by atoms with Crippen LogP contribution in [0.15, 0.2) is 35.0 Å². The predicted molar refractivity (Wildman–Crippen MR) is 85.0 cm³/mol. The summed E-state index contributed by atoms with van der Waals surface area (Å²) in [5, 5.41) is 12.8. The number of furan rings is 1. The van der Waals surface area contributed by atoms with Crippen LogP contribution in [0.1, 0.15) is 18.1 Å². The molecule has 7 heteroatoms. The van der Waals surface area contributed by atoms with Gasteiger partial charge in [0.05, 0.1) is 6.54 Å². The molecule has 4 heterocycles. The molecule has 0 saturated heterocycles. The molecule has 0 spiro atoms. The van der Waals surface area contributed by atoms with E-state index >= 15 is 0 Å². The monoisotopic (exact) mass is 306 g/mol. The lowest BCUT2D eigenvalue weighted by Gasteiger charge is -2.06. The second-order valence-electron chi connectivity index (χ2n) is 5.64. The molecule has 5 rings (SSSR count). The van der Waals surface area contributed by atoms with Crippen molar-refractivity contribution in [3.8, 4) is 0 Å². The maximum atomic E-state index is 5.92. The van der Waals surface area contributed by atoms with Crippen molar-refractivity contribution in [3.05, 3.63) is 42.2 Å². The second-order valence-corrected chi connectivity index (χ2v) is 5.64. The summed E-state index contributed by atoms with van der Waals surface area (Å²) >= 11 is 0. The number of aryl methyl sites for hydroxylation is 1. The lowest BCUT2D eigenvalue weighted by Crippen LogP contribution is -2.08. The molecule has 1 aliphatic rings. The zero-order valence-electron chi connectivity index (χ0n) is 12.4. The molecule has 3 aromatic heterocycles. The Kier molecular flexibility index (Phi) is 2.61. The third kappa shape index (κ3) is 1.89. The van der Waals surface area contributed by atoms with E-state index in [9.17, 15) is 0 Å². The molecule has 1 N–H and O–H groups in total. The van der Waals surface area contributed by atoms with Crippen molar-refractivity contribution in [1.29, 1.82) is 0 Å². The fourth-order valence-electron chi connectivity index (χ4n) is 3.15. The SMILES string of the molecule is c1ccc2c(c1)oc1c(NCc3nnc4n3CCC4)ncnc12. The Hall–Kier alpha value is -2.96. The summed E-state index contributed by atoms with van der Waals surface area (Å²) in [6, 6.07) is 7.87. The van der Waals surface area contributed by atoms with Crippen molar-refractivity contribution in [2.24, 2.45) is 0 Å². The van der Waals surface area contributed by atoms with Crippen LogP contribution in [0.3, 0.4) is 0 Å². The maximum Gasteiger partial charge on any atom is 0.196 e. The van der Waals surface area contributed by atoms with Crippen molar-refractivity contribution in [2.75, 3.05) is 5.32 Å². The highest BCUT2D eigenvalue weighted by Crippen LogP contribution is 2.30. The molecule has 0 amide bonds. The van der Waals surface area contributed by atoms with Gasteiger partial charge in [-0.3, -0.25) is 0 Å². The van der Waals surface area contributed by atoms with Gasteiger partial charge in [-0.2, -0.15) is 0 Å². The van der Waals surface area contributed by atoms with Gasteiger partial charge in [0.25, 0.3) is 0 Å². The molecule has 114 valence electrons. The normalized spacial score (nSPS) is 13.7. The van der Waals surface area contributed by atoms with Crippen molar-refractivity contribution >= 4 is 27.9 Å². The first-order valence-corrected chi connectivity index (χ1v) is 7.67. The molecule has 23 heavy (non-hydrogen) atoms. The van der Waals surface area contributed by atoms with Crippen LogP contribution in [-0.4, -0.2) is 24.7 Å². The summed E-state index contributed by atoms with van der Waals surface area (Å²) < 4.78 is 8.09. The van der Waals surface area contributed by atoms with Gasteiger partial charge in [0.1, 0.15) is 23.3 Å².